The zero-order chi connectivity index (χ0) is 14.2. The van der Waals surface area contributed by atoms with E-state index < -0.39 is 0 Å². The van der Waals surface area contributed by atoms with Crippen molar-refractivity contribution in [3.8, 4) is 0 Å². The first kappa shape index (κ1) is 17.0. The summed E-state index contributed by atoms with van der Waals surface area (Å²) in [6.07, 6.45) is 15.1. The third-order valence-corrected chi connectivity index (χ3v) is 3.13. The first-order valence-electron chi connectivity index (χ1n) is 6.92. The summed E-state index contributed by atoms with van der Waals surface area (Å²) in [5.74, 6) is 0. The van der Waals surface area contributed by atoms with E-state index in [1.807, 2.05) is 6.08 Å². The number of hydrogen-bond donors (Lipinski definition) is 0. The molecule has 0 rings (SSSR count). The van der Waals surface area contributed by atoms with Crippen LogP contribution in [0.15, 0.2) is 48.6 Å². The van der Waals surface area contributed by atoms with Crippen LogP contribution in [-0.2, 0) is 0 Å². The van der Waals surface area contributed by atoms with Gasteiger partial charge >= 0.3 is 0 Å². The first-order chi connectivity index (χ1) is 8.29. The molecule has 0 saturated heterocycles. The molecule has 0 unspecified atom stereocenters. The average Bonchev–Trinajstić information content (AvgIpc) is 2.22. The smallest absolute Gasteiger partial charge is 0.00956 e. The maximum Gasteiger partial charge on any atom is -0.00956 e. The third kappa shape index (κ3) is 6.05. The van der Waals surface area contributed by atoms with Crippen molar-refractivity contribution in [3.63, 3.8) is 0 Å². The van der Waals surface area contributed by atoms with Gasteiger partial charge in [-0.05, 0) is 36.2 Å². The van der Waals surface area contributed by atoms with Crippen LogP contribution in [0.2, 0.25) is 0 Å². The summed E-state index contributed by atoms with van der Waals surface area (Å²) in [4.78, 5) is 0. The number of hydrogen-bond acceptors (Lipinski definition) is 0. The van der Waals surface area contributed by atoms with Crippen molar-refractivity contribution in [1.29, 1.82) is 0 Å². The molecular formula is C18H30. The lowest BCUT2D eigenvalue weighted by Crippen LogP contribution is -2.23. The fourth-order valence-corrected chi connectivity index (χ4v) is 2.63. The van der Waals surface area contributed by atoms with Crippen LogP contribution in [0.25, 0.3) is 0 Å². The van der Waals surface area contributed by atoms with Crippen LogP contribution >= 0.6 is 0 Å². The molecule has 0 fully saturated rings. The predicted molar refractivity (Wildman–Crippen MR) is 84.7 cm³/mol. The summed E-state index contributed by atoms with van der Waals surface area (Å²) in [5.41, 5.74) is 1.73. The highest BCUT2D eigenvalue weighted by Gasteiger charge is 2.28. The summed E-state index contributed by atoms with van der Waals surface area (Å²) in [6, 6.07) is 0. The molecule has 0 nitrogen and oxygen atoms in total. The Hall–Kier alpha value is -1.04. The second kappa shape index (κ2) is 7.41. The fraction of sp³-hybridized carbons (Fsp3) is 0.556. The summed E-state index contributed by atoms with van der Waals surface area (Å²) >= 11 is 0. The van der Waals surface area contributed by atoms with E-state index in [-0.39, 0.29) is 10.8 Å². The quantitative estimate of drug-likeness (QED) is 0.377. The highest BCUT2D eigenvalue weighted by molar-refractivity contribution is 5.29. The normalized spacial score (nSPS) is 14.7. The lowest BCUT2D eigenvalue weighted by molar-refractivity contribution is 0.285. The van der Waals surface area contributed by atoms with Crippen LogP contribution in [-0.4, -0.2) is 0 Å². The van der Waals surface area contributed by atoms with E-state index in [2.05, 4.69) is 78.5 Å². The molecule has 0 aromatic rings. The standard InChI is InChI=1S/C18H30/c1-8-11-13-16(12-9-2)18(6,7)15-17(4,5)14-10-3/h9-14H,2,8,15H2,1,3-7H3/b13-11-,14-10+,16-12+. The zero-order valence-electron chi connectivity index (χ0n) is 13.1. The van der Waals surface area contributed by atoms with Crippen LogP contribution in [0.3, 0.4) is 0 Å². The summed E-state index contributed by atoms with van der Waals surface area (Å²) in [6.45, 7) is 17.3. The minimum absolute atomic E-state index is 0.156. The number of allylic oxidation sites excluding steroid dienone is 7. The Morgan fingerprint density at radius 3 is 2.22 bits per heavy atom. The first-order valence-corrected chi connectivity index (χ1v) is 6.92. The van der Waals surface area contributed by atoms with Crippen LogP contribution in [0.1, 0.15) is 54.4 Å². The maximum atomic E-state index is 3.83. The molecule has 0 heteroatoms. The zero-order valence-corrected chi connectivity index (χ0v) is 13.1. The van der Waals surface area contributed by atoms with E-state index in [0.717, 1.165) is 12.8 Å². The van der Waals surface area contributed by atoms with Crippen molar-refractivity contribution in [2.45, 2.75) is 54.4 Å². The van der Waals surface area contributed by atoms with Gasteiger partial charge in [-0.3, -0.25) is 0 Å². The summed E-state index contributed by atoms with van der Waals surface area (Å²) in [7, 11) is 0. The molecule has 0 aliphatic rings. The molecule has 0 atom stereocenters. The Kier molecular flexibility index (Phi) is 6.98. The minimum Gasteiger partial charge on any atom is -0.0991 e. The molecule has 0 N–H and O–H groups in total. The van der Waals surface area contributed by atoms with Gasteiger partial charge < -0.3 is 0 Å². The summed E-state index contributed by atoms with van der Waals surface area (Å²) < 4.78 is 0. The van der Waals surface area contributed by atoms with Crippen LogP contribution in [0.4, 0.5) is 0 Å². The second-order valence-electron chi connectivity index (χ2n) is 6.22. The average molecular weight is 246 g/mol. The van der Waals surface area contributed by atoms with Gasteiger partial charge in [0.1, 0.15) is 0 Å². The second-order valence-corrected chi connectivity index (χ2v) is 6.22. The maximum absolute atomic E-state index is 3.83. The Balaban J connectivity index is 5.13. The largest absolute Gasteiger partial charge is 0.0991 e. The van der Waals surface area contributed by atoms with Crippen molar-refractivity contribution in [3.05, 3.63) is 48.6 Å². The fourth-order valence-electron chi connectivity index (χ4n) is 2.63. The van der Waals surface area contributed by atoms with Gasteiger partial charge in [0.05, 0.1) is 0 Å². The Morgan fingerprint density at radius 1 is 1.17 bits per heavy atom. The molecule has 0 spiro atoms. The van der Waals surface area contributed by atoms with E-state index >= 15 is 0 Å². The van der Waals surface area contributed by atoms with Gasteiger partial charge in [0.25, 0.3) is 0 Å². The van der Waals surface area contributed by atoms with E-state index in [1.165, 1.54) is 5.57 Å². The van der Waals surface area contributed by atoms with E-state index in [4.69, 9.17) is 0 Å². The van der Waals surface area contributed by atoms with Gasteiger partial charge in [0.2, 0.25) is 0 Å². The van der Waals surface area contributed by atoms with Crippen molar-refractivity contribution < 1.29 is 0 Å². The van der Waals surface area contributed by atoms with E-state index in [0.29, 0.717) is 0 Å². The summed E-state index contributed by atoms with van der Waals surface area (Å²) in [5, 5.41) is 0. The van der Waals surface area contributed by atoms with Crippen molar-refractivity contribution >= 4 is 0 Å². The molecule has 0 aliphatic heterocycles. The topological polar surface area (TPSA) is 0 Å². The lowest BCUT2D eigenvalue weighted by atomic mass is 9.70. The molecule has 0 bridgehead atoms. The molecule has 0 aromatic carbocycles. The molecule has 0 radical (unpaired) electrons. The molecule has 0 aliphatic carbocycles. The van der Waals surface area contributed by atoms with Gasteiger partial charge in [0.15, 0.2) is 0 Å². The molecule has 102 valence electrons. The van der Waals surface area contributed by atoms with Gasteiger partial charge in [-0.2, -0.15) is 0 Å². The van der Waals surface area contributed by atoms with E-state index in [1.54, 1.807) is 0 Å². The SMILES string of the molecule is C=C/C=C(\C=C/CC)C(C)(C)CC(C)(C)/C=C/C. The highest BCUT2D eigenvalue weighted by Crippen LogP contribution is 2.40. The highest BCUT2D eigenvalue weighted by atomic mass is 14.3. The van der Waals surface area contributed by atoms with Gasteiger partial charge in [0, 0.05) is 0 Å². The lowest BCUT2D eigenvalue weighted by Gasteiger charge is -2.34. The van der Waals surface area contributed by atoms with Gasteiger partial charge in [-0.25, -0.2) is 0 Å². The molecule has 0 saturated carbocycles. The Morgan fingerprint density at radius 2 is 1.78 bits per heavy atom. The molecule has 0 aromatic heterocycles. The van der Waals surface area contributed by atoms with Crippen LogP contribution in [0.5, 0.6) is 0 Å². The Labute approximate surface area is 114 Å². The van der Waals surface area contributed by atoms with Crippen molar-refractivity contribution in [2.75, 3.05) is 0 Å². The monoisotopic (exact) mass is 246 g/mol. The minimum atomic E-state index is 0.156. The number of rotatable bonds is 7. The van der Waals surface area contributed by atoms with Gasteiger partial charge in [-0.15, -0.1) is 0 Å². The van der Waals surface area contributed by atoms with Crippen molar-refractivity contribution in [1.82, 2.24) is 0 Å². The molecule has 18 heavy (non-hydrogen) atoms. The molecule has 0 heterocycles. The Bertz CT molecular complexity index is 335. The van der Waals surface area contributed by atoms with Crippen molar-refractivity contribution in [2.24, 2.45) is 10.8 Å². The molecule has 0 amide bonds. The van der Waals surface area contributed by atoms with Gasteiger partial charge in [-0.1, -0.05) is 77.7 Å². The predicted octanol–water partition coefficient (Wildman–Crippen LogP) is 6.08. The van der Waals surface area contributed by atoms with Crippen LogP contribution < -0.4 is 0 Å². The van der Waals surface area contributed by atoms with E-state index in [9.17, 15) is 0 Å². The van der Waals surface area contributed by atoms with Crippen LogP contribution in [0, 0.1) is 10.8 Å². The third-order valence-electron chi connectivity index (χ3n) is 3.13. The molecular weight excluding hydrogens is 216 g/mol.